The van der Waals surface area contributed by atoms with E-state index in [-0.39, 0.29) is 35.7 Å². The van der Waals surface area contributed by atoms with Crippen molar-refractivity contribution in [1.82, 2.24) is 15.0 Å². The van der Waals surface area contributed by atoms with E-state index in [1.807, 2.05) is 29.2 Å². The molecule has 0 unspecified atom stereocenters. The molecule has 0 radical (unpaired) electrons. The molecule has 1 aliphatic carbocycles. The predicted octanol–water partition coefficient (Wildman–Crippen LogP) is 5.94. The number of fused-ring (bicyclic) bond motifs is 3. The van der Waals surface area contributed by atoms with Gasteiger partial charge in [0.1, 0.15) is 16.8 Å². The number of furan rings is 1. The molecule has 10 nitrogen and oxygen atoms in total. The number of benzene rings is 1. The summed E-state index contributed by atoms with van der Waals surface area (Å²) in [6.45, 7) is 1.37. The van der Waals surface area contributed by atoms with Gasteiger partial charge in [-0.15, -0.1) is 0 Å². The Labute approximate surface area is 255 Å². The highest BCUT2D eigenvalue weighted by Crippen LogP contribution is 2.53. The zero-order valence-corrected chi connectivity index (χ0v) is 25.0. The Kier molecular flexibility index (Phi) is 8.94. The van der Waals surface area contributed by atoms with Crippen molar-refractivity contribution in [3.8, 4) is 0 Å². The second-order valence-corrected chi connectivity index (χ2v) is 14.0. The molecule has 5 heterocycles. The summed E-state index contributed by atoms with van der Waals surface area (Å²) in [6, 6.07) is 8.65. The van der Waals surface area contributed by atoms with Crippen LogP contribution in [0.15, 0.2) is 45.7 Å². The number of carboxylic acid groups (broad SMARTS) is 1. The average molecular weight is 655 g/mol. The number of hydrogen-bond acceptors (Lipinski definition) is 8. The summed E-state index contributed by atoms with van der Waals surface area (Å²) in [5.74, 6) is -0.157. The number of sulfone groups is 1. The number of H-pyrrole nitrogens is 1. The largest absolute Gasteiger partial charge is 0.483 e. The number of carbonyl (C=O) groups is 1. The van der Waals surface area contributed by atoms with E-state index < -0.39 is 38.1 Å². The van der Waals surface area contributed by atoms with Crippen LogP contribution in [0.1, 0.15) is 62.8 Å². The number of hydrogen-bond donors (Lipinski definition) is 2. The first-order valence-electron chi connectivity index (χ1n) is 14.0. The van der Waals surface area contributed by atoms with Crippen LogP contribution in [-0.4, -0.2) is 58.5 Å². The van der Waals surface area contributed by atoms with Gasteiger partial charge in [0.2, 0.25) is 0 Å². The third-order valence-electron chi connectivity index (χ3n) is 8.46. The van der Waals surface area contributed by atoms with Crippen LogP contribution in [0.25, 0.3) is 22.1 Å². The Balaban J connectivity index is 0.000000161. The molecule has 3 aliphatic rings. The van der Waals surface area contributed by atoms with Gasteiger partial charge in [-0.3, -0.25) is 9.59 Å². The van der Waals surface area contributed by atoms with E-state index >= 15 is 4.39 Å². The topological polar surface area (TPSA) is 146 Å². The molecule has 1 saturated carbocycles. The minimum atomic E-state index is -3.27. The lowest BCUT2D eigenvalue weighted by atomic mass is 9.73. The summed E-state index contributed by atoms with van der Waals surface area (Å²) < 4.78 is 70.6. The molecule has 236 valence electrons. The van der Waals surface area contributed by atoms with E-state index in [2.05, 4.69) is 15.0 Å². The van der Waals surface area contributed by atoms with Gasteiger partial charge >= 0.3 is 0 Å². The smallest absolute Gasteiger partial charge is 0.297 e. The summed E-state index contributed by atoms with van der Waals surface area (Å²) in [7, 11) is -3.27. The number of rotatable bonds is 3. The van der Waals surface area contributed by atoms with Crippen molar-refractivity contribution in [2.45, 2.75) is 61.8 Å². The fraction of sp³-hybridized carbons (Fsp3) is 0.448. The van der Waals surface area contributed by atoms with Crippen LogP contribution in [0.3, 0.4) is 0 Å². The fourth-order valence-electron chi connectivity index (χ4n) is 6.13. The lowest BCUT2D eigenvalue weighted by Gasteiger charge is -2.48. The molecule has 1 spiro atoms. The molecule has 2 saturated heterocycles. The van der Waals surface area contributed by atoms with Crippen LogP contribution in [-0.2, 0) is 20.3 Å². The fourth-order valence-corrected chi connectivity index (χ4v) is 8.68. The highest BCUT2D eigenvalue weighted by molar-refractivity contribution is 7.92. The Morgan fingerprint density at radius 1 is 1.11 bits per heavy atom. The molecule has 44 heavy (non-hydrogen) atoms. The monoisotopic (exact) mass is 654 g/mol. The van der Waals surface area contributed by atoms with Crippen molar-refractivity contribution in [3.05, 3.63) is 63.3 Å². The van der Waals surface area contributed by atoms with E-state index in [9.17, 15) is 22.0 Å². The maximum absolute atomic E-state index is 15.3. The van der Waals surface area contributed by atoms with Crippen LogP contribution < -0.4 is 10.5 Å². The summed E-state index contributed by atoms with van der Waals surface area (Å²) in [5, 5.41) is 7.88. The molecule has 15 heteroatoms. The van der Waals surface area contributed by atoms with Crippen molar-refractivity contribution in [3.63, 3.8) is 0 Å². The van der Waals surface area contributed by atoms with Gasteiger partial charge in [-0.1, -0.05) is 30.2 Å². The highest BCUT2D eigenvalue weighted by Gasteiger charge is 2.58. The number of nitrogens with zero attached hydrogens (tertiary/aromatic N) is 3. The number of nitrogens with one attached hydrogen (secondary N) is 1. The molecule has 7 rings (SSSR count). The quantitative estimate of drug-likeness (QED) is 0.256. The Bertz CT molecular complexity index is 1840. The highest BCUT2D eigenvalue weighted by atomic mass is 35.5. The van der Waals surface area contributed by atoms with E-state index in [4.69, 9.17) is 25.9 Å². The third-order valence-corrected chi connectivity index (χ3v) is 11.3. The number of alkyl halides is 3. The third kappa shape index (κ3) is 5.88. The van der Waals surface area contributed by atoms with Crippen LogP contribution in [0, 0.1) is 0 Å². The van der Waals surface area contributed by atoms with Gasteiger partial charge in [0.25, 0.3) is 18.5 Å². The van der Waals surface area contributed by atoms with Gasteiger partial charge in [-0.2, -0.15) is 0 Å². The lowest BCUT2D eigenvalue weighted by Crippen LogP contribution is -2.55. The van der Waals surface area contributed by atoms with Crippen molar-refractivity contribution >= 4 is 55.8 Å². The van der Waals surface area contributed by atoms with Crippen LogP contribution >= 0.6 is 11.6 Å². The predicted molar refractivity (Wildman–Crippen MR) is 159 cm³/mol. The molecule has 2 aliphatic heterocycles. The Hall–Kier alpha value is -3.65. The van der Waals surface area contributed by atoms with Crippen LogP contribution in [0.5, 0.6) is 0 Å². The molecule has 1 aromatic carbocycles. The number of aromatic nitrogens is 3. The maximum atomic E-state index is 15.3. The first kappa shape index (κ1) is 31.8. The maximum Gasteiger partial charge on any atom is 0.297 e. The molecule has 2 N–H and O–H groups in total. The first-order chi connectivity index (χ1) is 20.9. The molecule has 4 aromatic rings. The van der Waals surface area contributed by atoms with Gasteiger partial charge in [0, 0.05) is 31.1 Å². The van der Waals surface area contributed by atoms with E-state index in [1.165, 1.54) is 12.3 Å². The first-order valence-corrected chi connectivity index (χ1v) is 16.1. The summed E-state index contributed by atoms with van der Waals surface area (Å²) in [6.07, 6.45) is 2.14. The molecule has 0 amide bonds. The van der Waals surface area contributed by atoms with E-state index in [0.29, 0.717) is 35.3 Å². The Morgan fingerprint density at radius 3 is 2.43 bits per heavy atom. The van der Waals surface area contributed by atoms with E-state index in [1.54, 1.807) is 0 Å². The number of anilines is 1. The summed E-state index contributed by atoms with van der Waals surface area (Å²) in [5.41, 5.74) is -0.879. The number of para-hydroxylation sites is 1. The van der Waals surface area contributed by atoms with Crippen molar-refractivity contribution in [2.24, 2.45) is 0 Å². The van der Waals surface area contributed by atoms with Crippen molar-refractivity contribution in [1.29, 1.82) is 0 Å². The Morgan fingerprint density at radius 2 is 1.80 bits per heavy atom. The van der Waals surface area contributed by atoms with Gasteiger partial charge in [-0.25, -0.2) is 31.6 Å². The molecule has 0 bridgehead atoms. The average Bonchev–Trinajstić information content (AvgIpc) is 3.64. The molecular formula is C29H30ClF3N4O6S. The van der Waals surface area contributed by atoms with Crippen LogP contribution in [0.2, 0.25) is 5.02 Å². The van der Waals surface area contributed by atoms with Crippen molar-refractivity contribution < 1.29 is 35.9 Å². The standard InChI is InChI=1S/C15H13F2N3O.C13H15ClFNO3S.CH2O2/c16-13(17)14-18-11-9-5-1-2-6-10(9)21-12(11)15(19-14)20-7-3-4-8-20;14-9-6-10(11(17)16-7-9)13(15)4-5-20(18,19)12(8-13)2-1-3-12;2-1-3/h1-2,5-6,13H,3-4,7-8H2;6-7H,1-5,8H2,(H,16,17);1H,(H,2,3)/t;13-;/m.0./s1. The molecule has 3 aromatic heterocycles. The summed E-state index contributed by atoms with van der Waals surface area (Å²) in [4.78, 5) is 32.7. The second-order valence-electron chi connectivity index (χ2n) is 11.1. The molecular weight excluding hydrogens is 625 g/mol. The van der Waals surface area contributed by atoms with Gasteiger partial charge in [-0.05, 0) is 50.3 Å². The molecule has 3 fully saturated rings. The SMILES string of the molecule is FC(F)c1nc(N2CCCC2)c2oc3ccccc3c2n1.O=CO.O=c1[nH]cc(Cl)cc1[C@]1(F)CCS(=O)(=O)C2(CCC2)C1. The minimum Gasteiger partial charge on any atom is -0.483 e. The van der Waals surface area contributed by atoms with Gasteiger partial charge in [0.15, 0.2) is 27.1 Å². The number of aromatic amines is 1. The van der Waals surface area contributed by atoms with E-state index in [0.717, 1.165) is 37.7 Å². The van der Waals surface area contributed by atoms with Crippen LogP contribution in [0.4, 0.5) is 19.0 Å². The lowest BCUT2D eigenvalue weighted by molar-refractivity contribution is -0.122. The zero-order valence-electron chi connectivity index (χ0n) is 23.4. The van der Waals surface area contributed by atoms with Gasteiger partial charge < -0.3 is 19.4 Å². The van der Waals surface area contributed by atoms with Gasteiger partial charge in [0.05, 0.1) is 21.1 Å². The second kappa shape index (κ2) is 12.4. The normalized spacial score (nSPS) is 21.8. The summed E-state index contributed by atoms with van der Waals surface area (Å²) >= 11 is 5.82. The minimum absolute atomic E-state index is 0.0498. The molecule has 1 atom stereocenters. The number of pyridine rings is 1. The number of halogens is 4. The zero-order chi connectivity index (χ0) is 31.7. The van der Waals surface area contributed by atoms with Crippen molar-refractivity contribution in [2.75, 3.05) is 23.7 Å².